The summed E-state index contributed by atoms with van der Waals surface area (Å²) >= 11 is 0. The van der Waals surface area contributed by atoms with Crippen molar-refractivity contribution in [2.45, 2.75) is 59.2 Å². The number of carbonyl (C=O) groups excluding carboxylic acids is 1. The molecule has 0 aliphatic rings. The summed E-state index contributed by atoms with van der Waals surface area (Å²) in [6.45, 7) is 8.28. The monoisotopic (exact) mass is 308 g/mol. The number of amides is 1. The highest BCUT2D eigenvalue weighted by Crippen LogP contribution is 2.23. The summed E-state index contributed by atoms with van der Waals surface area (Å²) in [4.78, 5) is 12.1. The molecule has 5 heteroatoms. The van der Waals surface area contributed by atoms with Crippen LogP contribution in [-0.2, 0) is 11.4 Å². The van der Waals surface area contributed by atoms with E-state index in [1.54, 1.807) is 0 Å². The molecule has 5 nitrogen and oxygen atoms in total. The molecule has 22 heavy (non-hydrogen) atoms. The summed E-state index contributed by atoms with van der Waals surface area (Å²) in [5.41, 5.74) is 1.50. The lowest BCUT2D eigenvalue weighted by Gasteiger charge is -2.19. The molecule has 0 saturated carbocycles. The van der Waals surface area contributed by atoms with Crippen LogP contribution >= 0.6 is 0 Å². The Hall–Kier alpha value is -1.75. The average Bonchev–Trinajstić information content (AvgIpc) is 2.49. The van der Waals surface area contributed by atoms with Crippen LogP contribution in [0.1, 0.15) is 46.1 Å². The molecule has 2 atom stereocenters. The molecular formula is C17H28N2O3. The van der Waals surface area contributed by atoms with Crippen LogP contribution in [0.4, 0.5) is 5.69 Å². The van der Waals surface area contributed by atoms with E-state index in [1.807, 2.05) is 39.0 Å². The van der Waals surface area contributed by atoms with Crippen molar-refractivity contribution in [2.24, 2.45) is 0 Å². The number of benzene rings is 1. The van der Waals surface area contributed by atoms with Gasteiger partial charge in [-0.15, -0.1) is 0 Å². The summed E-state index contributed by atoms with van der Waals surface area (Å²) in [7, 11) is 0. The second-order valence-electron chi connectivity index (χ2n) is 5.48. The molecule has 0 saturated heterocycles. The predicted molar refractivity (Wildman–Crippen MR) is 89.1 cm³/mol. The lowest BCUT2D eigenvalue weighted by molar-refractivity contribution is -0.122. The van der Waals surface area contributed by atoms with Gasteiger partial charge in [0.25, 0.3) is 0 Å². The number of aliphatic hydroxyl groups excluding tert-OH is 1. The molecule has 2 unspecified atom stereocenters. The highest BCUT2D eigenvalue weighted by Gasteiger charge is 2.15. The van der Waals surface area contributed by atoms with E-state index in [-0.39, 0.29) is 24.6 Å². The average molecular weight is 308 g/mol. The van der Waals surface area contributed by atoms with Gasteiger partial charge < -0.3 is 20.5 Å². The minimum Gasteiger partial charge on any atom is -0.494 e. The maximum atomic E-state index is 12.1. The molecule has 1 aromatic carbocycles. The Bertz CT molecular complexity index is 477. The molecule has 124 valence electrons. The van der Waals surface area contributed by atoms with Gasteiger partial charge in [-0.3, -0.25) is 4.79 Å². The zero-order valence-electron chi connectivity index (χ0n) is 14.0. The highest BCUT2D eigenvalue weighted by molar-refractivity contribution is 5.84. The van der Waals surface area contributed by atoms with Crippen molar-refractivity contribution in [3.05, 3.63) is 23.8 Å². The number of rotatable bonds is 9. The fourth-order valence-corrected chi connectivity index (χ4v) is 2.28. The first-order chi connectivity index (χ1) is 10.5. The van der Waals surface area contributed by atoms with E-state index in [0.717, 1.165) is 18.5 Å². The first-order valence-corrected chi connectivity index (χ1v) is 7.95. The Kier molecular flexibility index (Phi) is 7.74. The van der Waals surface area contributed by atoms with Gasteiger partial charge >= 0.3 is 0 Å². The maximum absolute atomic E-state index is 12.1. The van der Waals surface area contributed by atoms with Crippen LogP contribution in [0, 0.1) is 0 Å². The second-order valence-corrected chi connectivity index (χ2v) is 5.48. The highest BCUT2D eigenvalue weighted by atomic mass is 16.5. The Labute approximate surface area is 133 Å². The van der Waals surface area contributed by atoms with Crippen LogP contribution in [0.15, 0.2) is 18.2 Å². The van der Waals surface area contributed by atoms with E-state index in [1.165, 1.54) is 0 Å². The molecule has 0 aliphatic carbocycles. The summed E-state index contributed by atoms with van der Waals surface area (Å²) in [6.07, 6.45) is 2.01. The van der Waals surface area contributed by atoms with Crippen molar-refractivity contribution >= 4 is 11.6 Å². The molecule has 0 aliphatic heterocycles. The number of ether oxygens (including phenoxy) is 1. The third-order valence-corrected chi connectivity index (χ3v) is 3.42. The normalized spacial score (nSPS) is 13.3. The Balaban J connectivity index is 2.67. The third-order valence-electron chi connectivity index (χ3n) is 3.42. The van der Waals surface area contributed by atoms with E-state index in [0.29, 0.717) is 17.9 Å². The number of anilines is 1. The van der Waals surface area contributed by atoms with E-state index in [4.69, 9.17) is 4.74 Å². The van der Waals surface area contributed by atoms with Crippen LogP contribution < -0.4 is 15.4 Å². The Morgan fingerprint density at radius 2 is 2.05 bits per heavy atom. The standard InChI is InChI=1S/C17H28N2O3/c1-5-7-12(3)18-17(21)13(4)19-15-8-9-16(22-6-2)14(10-15)11-20/h8-10,12-13,19-20H,5-7,11H2,1-4H3,(H,18,21). The minimum absolute atomic E-state index is 0.0274. The molecule has 0 radical (unpaired) electrons. The minimum atomic E-state index is -0.344. The first kappa shape index (κ1) is 18.3. The van der Waals surface area contributed by atoms with Crippen molar-refractivity contribution < 1.29 is 14.6 Å². The van der Waals surface area contributed by atoms with Gasteiger partial charge in [0.05, 0.1) is 13.2 Å². The summed E-state index contributed by atoms with van der Waals surface area (Å²) in [5.74, 6) is 0.643. The summed E-state index contributed by atoms with van der Waals surface area (Å²) < 4.78 is 5.45. The molecule has 0 aromatic heterocycles. The smallest absolute Gasteiger partial charge is 0.242 e. The van der Waals surface area contributed by atoms with Crippen molar-refractivity contribution in [3.63, 3.8) is 0 Å². The number of nitrogens with one attached hydrogen (secondary N) is 2. The van der Waals surface area contributed by atoms with E-state index >= 15 is 0 Å². The van der Waals surface area contributed by atoms with Crippen LogP contribution in [0.5, 0.6) is 5.75 Å². The predicted octanol–water partition coefficient (Wildman–Crippen LogP) is 2.68. The molecule has 3 N–H and O–H groups in total. The molecule has 0 spiro atoms. The topological polar surface area (TPSA) is 70.6 Å². The van der Waals surface area contributed by atoms with Gasteiger partial charge in [0.2, 0.25) is 5.91 Å². The summed E-state index contributed by atoms with van der Waals surface area (Å²) in [5, 5.41) is 15.5. The molecular weight excluding hydrogens is 280 g/mol. The zero-order valence-corrected chi connectivity index (χ0v) is 14.0. The molecule has 0 fully saturated rings. The van der Waals surface area contributed by atoms with Gasteiger partial charge in [0, 0.05) is 17.3 Å². The van der Waals surface area contributed by atoms with Crippen LogP contribution in [0.3, 0.4) is 0 Å². The second kappa shape index (κ2) is 9.30. The first-order valence-electron chi connectivity index (χ1n) is 7.95. The zero-order chi connectivity index (χ0) is 16.5. The SMILES string of the molecule is CCCC(C)NC(=O)C(C)Nc1ccc(OCC)c(CO)c1. The summed E-state index contributed by atoms with van der Waals surface area (Å²) in [6, 6.07) is 5.30. The van der Waals surface area contributed by atoms with Crippen LogP contribution in [0.2, 0.25) is 0 Å². The van der Waals surface area contributed by atoms with Crippen molar-refractivity contribution in [3.8, 4) is 5.75 Å². The number of hydrogen-bond acceptors (Lipinski definition) is 4. The van der Waals surface area contributed by atoms with Gasteiger partial charge in [0.15, 0.2) is 0 Å². The van der Waals surface area contributed by atoms with Gasteiger partial charge in [0.1, 0.15) is 11.8 Å². The van der Waals surface area contributed by atoms with Gasteiger partial charge in [-0.05, 0) is 45.4 Å². The molecule has 1 amide bonds. The molecule has 0 bridgehead atoms. The third kappa shape index (κ3) is 5.56. The molecule has 1 aromatic rings. The van der Waals surface area contributed by atoms with Crippen molar-refractivity contribution in [2.75, 3.05) is 11.9 Å². The van der Waals surface area contributed by atoms with E-state index in [2.05, 4.69) is 17.6 Å². The lowest BCUT2D eigenvalue weighted by Crippen LogP contribution is -2.42. The number of hydrogen-bond donors (Lipinski definition) is 3. The fourth-order valence-electron chi connectivity index (χ4n) is 2.28. The Morgan fingerprint density at radius 3 is 2.64 bits per heavy atom. The van der Waals surface area contributed by atoms with E-state index in [9.17, 15) is 9.90 Å². The van der Waals surface area contributed by atoms with Crippen LogP contribution in [0.25, 0.3) is 0 Å². The number of carbonyl (C=O) groups is 1. The largest absolute Gasteiger partial charge is 0.494 e. The number of aliphatic hydroxyl groups is 1. The van der Waals surface area contributed by atoms with Crippen molar-refractivity contribution in [1.29, 1.82) is 0 Å². The van der Waals surface area contributed by atoms with Gasteiger partial charge in [-0.1, -0.05) is 13.3 Å². The molecule has 1 rings (SSSR count). The quantitative estimate of drug-likeness (QED) is 0.656. The van der Waals surface area contributed by atoms with Gasteiger partial charge in [-0.2, -0.15) is 0 Å². The van der Waals surface area contributed by atoms with E-state index < -0.39 is 0 Å². The van der Waals surface area contributed by atoms with Gasteiger partial charge in [-0.25, -0.2) is 0 Å². The lowest BCUT2D eigenvalue weighted by atomic mass is 10.1. The maximum Gasteiger partial charge on any atom is 0.242 e. The fraction of sp³-hybridized carbons (Fsp3) is 0.588. The molecule has 0 heterocycles. The van der Waals surface area contributed by atoms with Crippen molar-refractivity contribution in [1.82, 2.24) is 5.32 Å². The van der Waals surface area contributed by atoms with Crippen LogP contribution in [-0.4, -0.2) is 29.7 Å². The Morgan fingerprint density at radius 1 is 1.32 bits per heavy atom.